The predicted octanol–water partition coefficient (Wildman–Crippen LogP) is 4.40. The molecule has 1 fully saturated rings. The normalized spacial score (nSPS) is 18.2. The molecule has 0 spiro atoms. The largest absolute Gasteiger partial charge is 0.486 e. The van der Waals surface area contributed by atoms with Gasteiger partial charge < -0.3 is 14.4 Å². The highest BCUT2D eigenvalue weighted by Gasteiger charge is 2.29. The van der Waals surface area contributed by atoms with Gasteiger partial charge in [0, 0.05) is 18.7 Å². The first-order chi connectivity index (χ1) is 14.0. The molecule has 0 saturated carbocycles. The fourth-order valence-electron chi connectivity index (χ4n) is 3.68. The third-order valence-corrected chi connectivity index (χ3v) is 5.39. The number of nitro benzene ring substituents is 1. The van der Waals surface area contributed by atoms with E-state index < -0.39 is 4.92 Å². The minimum atomic E-state index is -0.542. The molecule has 2 aromatic rings. The summed E-state index contributed by atoms with van der Waals surface area (Å²) in [6.07, 6.45) is 4.80. The molecule has 0 N–H and O–H groups in total. The molecule has 1 amide bonds. The van der Waals surface area contributed by atoms with Crippen molar-refractivity contribution < 1.29 is 19.2 Å². The molecule has 29 heavy (non-hydrogen) atoms. The monoisotopic (exact) mass is 414 g/mol. The van der Waals surface area contributed by atoms with Crippen LogP contribution in [0.5, 0.6) is 11.5 Å². The van der Waals surface area contributed by atoms with E-state index >= 15 is 0 Å². The Morgan fingerprint density at radius 1 is 1.17 bits per heavy atom. The van der Waals surface area contributed by atoms with Gasteiger partial charge >= 0.3 is 0 Å². The molecule has 0 aromatic heterocycles. The van der Waals surface area contributed by atoms with Crippen molar-refractivity contribution in [1.82, 2.24) is 4.90 Å². The van der Waals surface area contributed by atoms with Gasteiger partial charge in [0.15, 0.2) is 11.5 Å². The SMILES string of the molecule is O=C(/C=C/c1ccc(Cl)c([N+](=O)[O-])c1)N1CCCC1c1ccc2c(c1)OCCO2. The van der Waals surface area contributed by atoms with Crippen molar-refractivity contribution in [3.05, 3.63) is 68.7 Å². The minimum Gasteiger partial charge on any atom is -0.486 e. The van der Waals surface area contributed by atoms with Crippen molar-refractivity contribution in [2.75, 3.05) is 19.8 Å². The first kappa shape index (κ1) is 19.3. The van der Waals surface area contributed by atoms with E-state index in [4.69, 9.17) is 21.1 Å². The van der Waals surface area contributed by atoms with Gasteiger partial charge in [-0.25, -0.2) is 0 Å². The molecular formula is C21H19ClN2O5. The fraction of sp³-hybridized carbons (Fsp3) is 0.286. The van der Waals surface area contributed by atoms with Crippen molar-refractivity contribution in [3.8, 4) is 11.5 Å². The molecule has 2 aliphatic heterocycles. The second-order valence-electron chi connectivity index (χ2n) is 6.89. The summed E-state index contributed by atoms with van der Waals surface area (Å²) < 4.78 is 11.2. The Morgan fingerprint density at radius 2 is 1.97 bits per heavy atom. The number of nitrogens with zero attached hydrogens (tertiary/aromatic N) is 2. The van der Waals surface area contributed by atoms with E-state index in [0.717, 1.165) is 24.2 Å². The average molecular weight is 415 g/mol. The Morgan fingerprint density at radius 3 is 2.76 bits per heavy atom. The molecule has 1 unspecified atom stereocenters. The Labute approximate surface area is 172 Å². The van der Waals surface area contributed by atoms with Gasteiger partial charge in [-0.3, -0.25) is 14.9 Å². The molecule has 0 radical (unpaired) electrons. The first-order valence-corrected chi connectivity index (χ1v) is 9.73. The van der Waals surface area contributed by atoms with Gasteiger partial charge in [0.05, 0.1) is 11.0 Å². The molecule has 1 saturated heterocycles. The number of carbonyl (C=O) groups excluding carboxylic acids is 1. The summed E-state index contributed by atoms with van der Waals surface area (Å²) in [7, 11) is 0. The summed E-state index contributed by atoms with van der Waals surface area (Å²) >= 11 is 5.83. The summed E-state index contributed by atoms with van der Waals surface area (Å²) in [5.41, 5.74) is 1.37. The predicted molar refractivity (Wildman–Crippen MR) is 108 cm³/mol. The number of nitro groups is 1. The molecule has 2 aliphatic rings. The molecule has 0 bridgehead atoms. The number of amides is 1. The quantitative estimate of drug-likeness (QED) is 0.421. The van der Waals surface area contributed by atoms with Crippen LogP contribution in [0.2, 0.25) is 5.02 Å². The topological polar surface area (TPSA) is 81.9 Å². The van der Waals surface area contributed by atoms with Crippen LogP contribution in [-0.4, -0.2) is 35.5 Å². The van der Waals surface area contributed by atoms with Crippen molar-refractivity contribution in [3.63, 3.8) is 0 Å². The maximum absolute atomic E-state index is 12.8. The molecule has 2 heterocycles. The van der Waals surface area contributed by atoms with E-state index in [1.54, 1.807) is 12.1 Å². The van der Waals surface area contributed by atoms with Gasteiger partial charge in [0.1, 0.15) is 18.2 Å². The second kappa shape index (κ2) is 8.13. The molecule has 1 atom stereocenters. The third kappa shape index (κ3) is 4.05. The molecule has 0 aliphatic carbocycles. The van der Waals surface area contributed by atoms with E-state index in [-0.39, 0.29) is 22.7 Å². The zero-order valence-corrected chi connectivity index (χ0v) is 16.3. The number of fused-ring (bicyclic) bond motifs is 1. The minimum absolute atomic E-state index is 0.0393. The number of hydrogen-bond acceptors (Lipinski definition) is 5. The fourth-order valence-corrected chi connectivity index (χ4v) is 3.87. The molecule has 4 rings (SSSR count). The van der Waals surface area contributed by atoms with Crippen LogP contribution in [0, 0.1) is 10.1 Å². The van der Waals surface area contributed by atoms with Crippen molar-refractivity contribution in [2.45, 2.75) is 18.9 Å². The lowest BCUT2D eigenvalue weighted by Gasteiger charge is -2.26. The lowest BCUT2D eigenvalue weighted by molar-refractivity contribution is -0.384. The lowest BCUT2D eigenvalue weighted by atomic mass is 10.0. The van der Waals surface area contributed by atoms with Gasteiger partial charge in [-0.2, -0.15) is 0 Å². The molecule has 8 heteroatoms. The van der Waals surface area contributed by atoms with Gasteiger partial charge in [0.2, 0.25) is 5.91 Å². The number of hydrogen-bond donors (Lipinski definition) is 0. The Bertz CT molecular complexity index is 991. The Balaban J connectivity index is 1.52. The van der Waals surface area contributed by atoms with E-state index in [0.29, 0.717) is 31.1 Å². The van der Waals surface area contributed by atoms with E-state index in [1.807, 2.05) is 23.1 Å². The van der Waals surface area contributed by atoms with Gasteiger partial charge in [-0.1, -0.05) is 23.7 Å². The highest BCUT2D eigenvalue weighted by Crippen LogP contribution is 2.38. The zero-order chi connectivity index (χ0) is 20.4. The maximum Gasteiger partial charge on any atom is 0.288 e. The van der Waals surface area contributed by atoms with Gasteiger partial charge in [-0.05, 0) is 48.2 Å². The second-order valence-corrected chi connectivity index (χ2v) is 7.30. The van der Waals surface area contributed by atoms with Crippen molar-refractivity contribution >= 4 is 29.3 Å². The van der Waals surface area contributed by atoms with E-state index in [1.165, 1.54) is 18.2 Å². The summed E-state index contributed by atoms with van der Waals surface area (Å²) in [5, 5.41) is 11.1. The zero-order valence-electron chi connectivity index (χ0n) is 15.5. The maximum atomic E-state index is 12.8. The summed E-state index contributed by atoms with van der Waals surface area (Å²) in [4.78, 5) is 25.1. The van der Waals surface area contributed by atoms with Crippen LogP contribution < -0.4 is 9.47 Å². The van der Waals surface area contributed by atoms with Crippen LogP contribution in [0.4, 0.5) is 5.69 Å². The van der Waals surface area contributed by atoms with Crippen LogP contribution in [0.3, 0.4) is 0 Å². The van der Waals surface area contributed by atoms with E-state index in [9.17, 15) is 14.9 Å². The molecular weight excluding hydrogens is 396 g/mol. The number of halogens is 1. The smallest absolute Gasteiger partial charge is 0.288 e. The summed E-state index contributed by atoms with van der Waals surface area (Å²) in [6.45, 7) is 1.71. The third-order valence-electron chi connectivity index (χ3n) is 5.07. The molecule has 7 nitrogen and oxygen atoms in total. The summed E-state index contributed by atoms with van der Waals surface area (Å²) in [6, 6.07) is 10.2. The number of benzene rings is 2. The lowest BCUT2D eigenvalue weighted by Crippen LogP contribution is -2.29. The van der Waals surface area contributed by atoms with Crippen molar-refractivity contribution in [2.24, 2.45) is 0 Å². The van der Waals surface area contributed by atoms with Crippen LogP contribution in [0.25, 0.3) is 6.08 Å². The molecule has 150 valence electrons. The van der Waals surface area contributed by atoms with Gasteiger partial charge in [0.25, 0.3) is 5.69 Å². The van der Waals surface area contributed by atoms with Gasteiger partial charge in [-0.15, -0.1) is 0 Å². The number of ether oxygens (including phenoxy) is 2. The van der Waals surface area contributed by atoms with Crippen LogP contribution >= 0.6 is 11.6 Å². The Kier molecular flexibility index (Phi) is 5.40. The van der Waals surface area contributed by atoms with Crippen LogP contribution in [-0.2, 0) is 4.79 Å². The van der Waals surface area contributed by atoms with Crippen LogP contribution in [0.1, 0.15) is 30.0 Å². The van der Waals surface area contributed by atoms with Crippen molar-refractivity contribution in [1.29, 1.82) is 0 Å². The van der Waals surface area contributed by atoms with E-state index in [2.05, 4.69) is 0 Å². The number of likely N-dealkylation sites (tertiary alicyclic amines) is 1. The number of rotatable bonds is 4. The Hall–Kier alpha value is -3.06. The average Bonchev–Trinajstić information content (AvgIpc) is 3.22. The molecule has 2 aromatic carbocycles. The first-order valence-electron chi connectivity index (χ1n) is 9.35. The number of carbonyl (C=O) groups is 1. The highest BCUT2D eigenvalue weighted by molar-refractivity contribution is 6.32. The highest BCUT2D eigenvalue weighted by atomic mass is 35.5. The summed E-state index contributed by atoms with van der Waals surface area (Å²) in [5.74, 6) is 1.29. The standard InChI is InChI=1S/C21H19ClN2O5/c22-16-6-3-14(12-18(16)24(26)27)4-8-21(25)23-9-1-2-17(23)15-5-7-19-20(13-15)29-11-10-28-19/h3-8,12-13,17H,1-2,9-11H2/b8-4+. The van der Waals surface area contributed by atoms with Crippen LogP contribution in [0.15, 0.2) is 42.5 Å².